The van der Waals surface area contributed by atoms with Gasteiger partial charge in [0.05, 0.1) is 5.92 Å². The Kier molecular flexibility index (Phi) is 6.52. The van der Waals surface area contributed by atoms with Crippen molar-refractivity contribution in [1.82, 2.24) is 5.32 Å². The topological polar surface area (TPSA) is 101 Å². The van der Waals surface area contributed by atoms with Gasteiger partial charge in [0.15, 0.2) is 0 Å². The number of carbonyl (C=O) groups is 3. The molecule has 0 spiro atoms. The maximum absolute atomic E-state index is 11.6. The highest BCUT2D eigenvalue weighted by Crippen LogP contribution is 2.19. The fraction of sp³-hybridized carbons (Fsp3) is 0.400. The van der Waals surface area contributed by atoms with Crippen LogP contribution in [0, 0.1) is 5.92 Å². The Balaban J connectivity index is 0.00000242. The number of rotatable bonds is 5. The average Bonchev–Trinajstić information content (AvgIpc) is 2.69. The lowest BCUT2D eigenvalue weighted by atomic mass is 9.98. The van der Waals surface area contributed by atoms with Crippen LogP contribution in [0.5, 0.6) is 0 Å². The fourth-order valence-electron chi connectivity index (χ4n) is 2.28. The molecule has 3 amide bonds. The Morgan fingerprint density at radius 3 is 2.50 bits per heavy atom. The molecule has 0 aliphatic carbocycles. The summed E-state index contributed by atoms with van der Waals surface area (Å²) in [5.41, 5.74) is 7.21. The van der Waals surface area contributed by atoms with Crippen LogP contribution < -0.4 is 16.4 Å². The zero-order chi connectivity index (χ0) is 15.4. The fourth-order valence-corrected chi connectivity index (χ4v) is 2.28. The van der Waals surface area contributed by atoms with Crippen molar-refractivity contribution in [3.05, 3.63) is 29.8 Å². The summed E-state index contributed by atoms with van der Waals surface area (Å²) in [5, 5.41) is 5.05. The number of anilines is 1. The van der Waals surface area contributed by atoms with Crippen molar-refractivity contribution in [1.29, 1.82) is 0 Å². The first kappa shape index (κ1) is 18.1. The summed E-state index contributed by atoms with van der Waals surface area (Å²) >= 11 is 0. The third kappa shape index (κ3) is 5.13. The molecule has 120 valence electrons. The van der Waals surface area contributed by atoms with Gasteiger partial charge in [-0.25, -0.2) is 0 Å². The predicted molar refractivity (Wildman–Crippen MR) is 85.5 cm³/mol. The Bertz CT molecular complexity index is 558. The van der Waals surface area contributed by atoms with Gasteiger partial charge in [-0.3, -0.25) is 19.7 Å². The summed E-state index contributed by atoms with van der Waals surface area (Å²) in [6.45, 7) is 1.77. The molecule has 2 atom stereocenters. The number of amides is 3. The van der Waals surface area contributed by atoms with Gasteiger partial charge >= 0.3 is 0 Å². The van der Waals surface area contributed by atoms with Crippen LogP contribution >= 0.6 is 12.4 Å². The Morgan fingerprint density at radius 1 is 1.36 bits per heavy atom. The molecule has 1 aromatic carbocycles. The first-order valence-corrected chi connectivity index (χ1v) is 6.92. The third-order valence-corrected chi connectivity index (χ3v) is 3.29. The molecule has 7 heteroatoms. The standard InChI is InChI=1S/C15H19N3O3.ClH/c1-9(16)6-13(19)17-12-4-2-10(3-5-12)7-11-8-14(20)18-15(11)21;/h2-5,9,11H,6-8,16H2,1H3,(H,17,19)(H,18,20,21);1H. The van der Waals surface area contributed by atoms with E-state index in [0.29, 0.717) is 12.1 Å². The first-order chi connectivity index (χ1) is 9.94. The van der Waals surface area contributed by atoms with Crippen LogP contribution in [0.3, 0.4) is 0 Å². The normalized spacial score (nSPS) is 18.4. The van der Waals surface area contributed by atoms with E-state index in [0.717, 1.165) is 5.56 Å². The van der Waals surface area contributed by atoms with Crippen LogP contribution in [0.15, 0.2) is 24.3 Å². The van der Waals surface area contributed by atoms with Crippen molar-refractivity contribution in [3.8, 4) is 0 Å². The molecule has 1 aromatic rings. The number of imide groups is 1. The van der Waals surface area contributed by atoms with Gasteiger partial charge in [-0.1, -0.05) is 12.1 Å². The van der Waals surface area contributed by atoms with Gasteiger partial charge in [0.2, 0.25) is 17.7 Å². The summed E-state index contributed by atoms with van der Waals surface area (Å²) in [5.74, 6) is -0.853. The summed E-state index contributed by atoms with van der Waals surface area (Å²) < 4.78 is 0. The van der Waals surface area contributed by atoms with Crippen molar-refractivity contribution in [3.63, 3.8) is 0 Å². The molecule has 0 radical (unpaired) electrons. The molecule has 22 heavy (non-hydrogen) atoms. The number of hydrogen-bond acceptors (Lipinski definition) is 4. The van der Waals surface area contributed by atoms with Crippen molar-refractivity contribution in [2.24, 2.45) is 11.7 Å². The van der Waals surface area contributed by atoms with Crippen molar-refractivity contribution in [2.45, 2.75) is 32.2 Å². The number of halogens is 1. The summed E-state index contributed by atoms with van der Waals surface area (Å²) in [7, 11) is 0. The monoisotopic (exact) mass is 325 g/mol. The number of hydrogen-bond donors (Lipinski definition) is 3. The maximum atomic E-state index is 11.6. The van der Waals surface area contributed by atoms with E-state index in [1.807, 2.05) is 12.1 Å². The van der Waals surface area contributed by atoms with Gasteiger partial charge in [0.25, 0.3) is 0 Å². The Morgan fingerprint density at radius 2 is 2.00 bits per heavy atom. The summed E-state index contributed by atoms with van der Waals surface area (Å²) in [4.78, 5) is 34.2. The minimum absolute atomic E-state index is 0. The van der Waals surface area contributed by atoms with Gasteiger partial charge in [-0.15, -0.1) is 12.4 Å². The lowest BCUT2D eigenvalue weighted by Gasteiger charge is -2.09. The SMILES string of the molecule is CC(N)CC(=O)Nc1ccc(CC2CC(=O)NC2=O)cc1.Cl. The van der Waals surface area contributed by atoms with E-state index < -0.39 is 0 Å². The molecule has 2 unspecified atom stereocenters. The largest absolute Gasteiger partial charge is 0.327 e. The predicted octanol–water partition coefficient (Wildman–Crippen LogP) is 0.989. The molecule has 1 aliphatic rings. The second kappa shape index (κ2) is 7.91. The van der Waals surface area contributed by atoms with Gasteiger partial charge in [-0.05, 0) is 31.0 Å². The molecule has 0 saturated carbocycles. The minimum atomic E-state index is -0.295. The van der Waals surface area contributed by atoms with Crippen LogP contribution in [0.25, 0.3) is 0 Å². The summed E-state index contributed by atoms with van der Waals surface area (Å²) in [6, 6.07) is 7.07. The van der Waals surface area contributed by atoms with E-state index in [-0.39, 0.29) is 54.9 Å². The highest BCUT2D eigenvalue weighted by molar-refractivity contribution is 6.03. The van der Waals surface area contributed by atoms with E-state index in [9.17, 15) is 14.4 Å². The first-order valence-electron chi connectivity index (χ1n) is 6.92. The van der Waals surface area contributed by atoms with Gasteiger partial charge in [0, 0.05) is 24.6 Å². The number of nitrogens with two attached hydrogens (primary N) is 1. The van der Waals surface area contributed by atoms with Gasteiger partial charge in [0.1, 0.15) is 0 Å². The van der Waals surface area contributed by atoms with Crippen molar-refractivity contribution < 1.29 is 14.4 Å². The van der Waals surface area contributed by atoms with Crippen LogP contribution in [-0.2, 0) is 20.8 Å². The van der Waals surface area contributed by atoms with E-state index in [4.69, 9.17) is 5.73 Å². The van der Waals surface area contributed by atoms with E-state index >= 15 is 0 Å². The molecule has 4 N–H and O–H groups in total. The highest BCUT2D eigenvalue weighted by atomic mass is 35.5. The van der Waals surface area contributed by atoms with Gasteiger partial charge in [-0.2, -0.15) is 0 Å². The molecule has 6 nitrogen and oxygen atoms in total. The summed E-state index contributed by atoms with van der Waals surface area (Å²) in [6.07, 6.45) is 1.03. The number of carbonyl (C=O) groups excluding carboxylic acids is 3. The maximum Gasteiger partial charge on any atom is 0.230 e. The van der Waals surface area contributed by atoms with Crippen LogP contribution in [0.4, 0.5) is 5.69 Å². The van der Waals surface area contributed by atoms with E-state index in [1.54, 1.807) is 19.1 Å². The third-order valence-electron chi connectivity index (χ3n) is 3.29. The molecule has 1 aliphatic heterocycles. The van der Waals surface area contributed by atoms with Crippen LogP contribution in [0.2, 0.25) is 0 Å². The van der Waals surface area contributed by atoms with Crippen LogP contribution in [0.1, 0.15) is 25.3 Å². The quantitative estimate of drug-likeness (QED) is 0.703. The van der Waals surface area contributed by atoms with Crippen LogP contribution in [-0.4, -0.2) is 23.8 Å². The minimum Gasteiger partial charge on any atom is -0.327 e. The zero-order valence-electron chi connectivity index (χ0n) is 12.3. The molecule has 0 bridgehead atoms. The average molecular weight is 326 g/mol. The second-order valence-corrected chi connectivity index (χ2v) is 5.44. The molecule has 2 rings (SSSR count). The highest BCUT2D eigenvalue weighted by Gasteiger charge is 2.30. The van der Waals surface area contributed by atoms with Crippen molar-refractivity contribution in [2.75, 3.05) is 5.32 Å². The molecular weight excluding hydrogens is 306 g/mol. The Labute approximate surface area is 135 Å². The molecule has 1 heterocycles. The Hall–Kier alpha value is -1.92. The van der Waals surface area contributed by atoms with E-state index in [1.165, 1.54) is 0 Å². The lowest BCUT2D eigenvalue weighted by Crippen LogP contribution is -2.24. The molecule has 1 fully saturated rings. The lowest BCUT2D eigenvalue weighted by molar-refractivity contribution is -0.125. The second-order valence-electron chi connectivity index (χ2n) is 5.44. The molecular formula is C15H20ClN3O3. The van der Waals surface area contributed by atoms with E-state index in [2.05, 4.69) is 10.6 Å². The number of nitrogens with one attached hydrogen (secondary N) is 2. The molecule has 0 aromatic heterocycles. The molecule has 1 saturated heterocycles. The van der Waals surface area contributed by atoms with Gasteiger partial charge < -0.3 is 11.1 Å². The zero-order valence-corrected chi connectivity index (χ0v) is 13.1. The smallest absolute Gasteiger partial charge is 0.230 e. The van der Waals surface area contributed by atoms with Crippen molar-refractivity contribution >= 4 is 35.8 Å². The number of benzene rings is 1.